The topological polar surface area (TPSA) is 124 Å². The van der Waals surface area contributed by atoms with E-state index in [0.29, 0.717) is 33.3 Å². The molecule has 0 aliphatic carbocycles. The Hall–Kier alpha value is -4.38. The van der Waals surface area contributed by atoms with E-state index in [0.717, 1.165) is 11.8 Å². The summed E-state index contributed by atoms with van der Waals surface area (Å²) in [7, 11) is 0. The predicted molar refractivity (Wildman–Crippen MR) is 126 cm³/mol. The molecule has 10 nitrogen and oxygen atoms in total. The van der Waals surface area contributed by atoms with E-state index in [1.807, 2.05) is 36.4 Å². The van der Waals surface area contributed by atoms with Gasteiger partial charge in [0, 0.05) is 0 Å². The Kier molecular flexibility index (Phi) is 5.83. The van der Waals surface area contributed by atoms with Crippen molar-refractivity contribution in [1.29, 1.82) is 0 Å². The van der Waals surface area contributed by atoms with Crippen LogP contribution < -0.4 is 16.2 Å². The Balaban J connectivity index is 1.40. The van der Waals surface area contributed by atoms with Gasteiger partial charge in [0.1, 0.15) is 5.76 Å². The Morgan fingerprint density at radius 1 is 0.971 bits per heavy atom. The first kappa shape index (κ1) is 21.5. The Bertz CT molecular complexity index is 1540. The second kappa shape index (κ2) is 9.24. The number of thioether (sulfide) groups is 1. The molecular weight excluding hydrogens is 456 g/mol. The summed E-state index contributed by atoms with van der Waals surface area (Å²) >= 11 is 1.11. The number of urea groups is 1. The van der Waals surface area contributed by atoms with Gasteiger partial charge in [-0.1, -0.05) is 42.1 Å². The van der Waals surface area contributed by atoms with Crippen molar-refractivity contribution in [1.82, 2.24) is 29.8 Å². The van der Waals surface area contributed by atoms with Gasteiger partial charge in [-0.25, -0.2) is 9.36 Å². The smallest absolute Gasteiger partial charge is 0.321 e. The van der Waals surface area contributed by atoms with Gasteiger partial charge in [-0.3, -0.25) is 19.3 Å². The molecule has 3 aromatic heterocycles. The van der Waals surface area contributed by atoms with Crippen LogP contribution in [0.1, 0.15) is 5.76 Å². The van der Waals surface area contributed by atoms with E-state index in [2.05, 4.69) is 20.8 Å². The minimum absolute atomic E-state index is 0.0756. The standard InChI is InChI=1S/C23H18N6O4S/c30-19(25-21(32)24-13-16-9-6-12-33-16)14-34-23-27-26-22-28(15-7-2-1-3-8-15)20(31)17-10-4-5-11-18(17)29(22)23/h1-12H,13-14H2,(H2,24,25,30,32). The summed E-state index contributed by atoms with van der Waals surface area (Å²) in [6, 6.07) is 19.1. The van der Waals surface area contributed by atoms with Gasteiger partial charge >= 0.3 is 6.03 Å². The minimum Gasteiger partial charge on any atom is -0.467 e. The molecule has 170 valence electrons. The lowest BCUT2D eigenvalue weighted by atomic mass is 10.2. The number of benzene rings is 2. The fourth-order valence-electron chi connectivity index (χ4n) is 3.50. The first-order valence-electron chi connectivity index (χ1n) is 10.3. The van der Waals surface area contributed by atoms with Crippen molar-refractivity contribution in [3.8, 4) is 5.69 Å². The maximum Gasteiger partial charge on any atom is 0.321 e. The molecule has 0 bridgehead atoms. The summed E-state index contributed by atoms with van der Waals surface area (Å²) in [6.45, 7) is 0.164. The first-order valence-corrected chi connectivity index (χ1v) is 11.3. The van der Waals surface area contributed by atoms with Crippen molar-refractivity contribution in [2.45, 2.75) is 11.7 Å². The SMILES string of the molecule is O=C(CSc1nnc2n(-c3ccccc3)c(=O)c3ccccc3n12)NC(=O)NCc1ccco1. The van der Waals surface area contributed by atoms with Crippen molar-refractivity contribution >= 4 is 40.4 Å². The van der Waals surface area contributed by atoms with Crippen molar-refractivity contribution in [3.63, 3.8) is 0 Å². The second-order valence-corrected chi connectivity index (χ2v) is 8.15. The lowest BCUT2D eigenvalue weighted by Gasteiger charge is -2.11. The number of furan rings is 1. The molecule has 0 atom stereocenters. The molecule has 0 aliphatic heterocycles. The van der Waals surface area contributed by atoms with Crippen molar-refractivity contribution in [3.05, 3.63) is 89.1 Å². The lowest BCUT2D eigenvalue weighted by Crippen LogP contribution is -2.39. The summed E-state index contributed by atoms with van der Waals surface area (Å²) in [6.07, 6.45) is 1.50. The predicted octanol–water partition coefficient (Wildman–Crippen LogP) is 2.74. The molecule has 0 unspecified atom stereocenters. The normalized spacial score (nSPS) is 11.1. The van der Waals surface area contributed by atoms with E-state index in [1.165, 1.54) is 10.8 Å². The van der Waals surface area contributed by atoms with Crippen molar-refractivity contribution < 1.29 is 14.0 Å². The average Bonchev–Trinajstić information content (AvgIpc) is 3.53. The van der Waals surface area contributed by atoms with E-state index in [-0.39, 0.29) is 17.9 Å². The number of hydrogen-bond donors (Lipinski definition) is 2. The zero-order valence-electron chi connectivity index (χ0n) is 17.7. The molecule has 2 N–H and O–H groups in total. The van der Waals surface area contributed by atoms with E-state index in [4.69, 9.17) is 4.42 Å². The number of fused-ring (bicyclic) bond motifs is 3. The highest BCUT2D eigenvalue weighted by Gasteiger charge is 2.19. The largest absolute Gasteiger partial charge is 0.467 e. The van der Waals surface area contributed by atoms with Crippen LogP contribution in [0.2, 0.25) is 0 Å². The number of carbonyl (C=O) groups is 2. The molecule has 11 heteroatoms. The zero-order valence-corrected chi connectivity index (χ0v) is 18.5. The second-order valence-electron chi connectivity index (χ2n) is 7.21. The molecule has 5 aromatic rings. The van der Waals surface area contributed by atoms with E-state index < -0.39 is 11.9 Å². The molecule has 0 aliphatic rings. The molecule has 0 radical (unpaired) electrons. The number of rotatable bonds is 6. The summed E-state index contributed by atoms with van der Waals surface area (Å²) in [5.41, 5.74) is 1.06. The molecular formula is C23H18N6O4S. The number of imide groups is 1. The molecule has 0 fully saturated rings. The minimum atomic E-state index is -0.628. The average molecular weight is 475 g/mol. The van der Waals surface area contributed by atoms with Gasteiger partial charge in [-0.05, 0) is 36.4 Å². The monoisotopic (exact) mass is 474 g/mol. The molecule has 3 heterocycles. The van der Waals surface area contributed by atoms with Gasteiger partial charge in [-0.15, -0.1) is 10.2 Å². The summed E-state index contributed by atoms with van der Waals surface area (Å²) < 4.78 is 8.36. The number of hydrogen-bond acceptors (Lipinski definition) is 7. The number of nitrogens with zero attached hydrogens (tertiary/aromatic N) is 4. The van der Waals surface area contributed by atoms with Gasteiger partial charge in [0.05, 0.1) is 35.2 Å². The van der Waals surface area contributed by atoms with Crippen molar-refractivity contribution in [2.75, 3.05) is 5.75 Å². The molecule has 0 saturated heterocycles. The first-order chi connectivity index (χ1) is 16.6. The van der Waals surface area contributed by atoms with E-state index in [1.54, 1.807) is 34.7 Å². The molecule has 3 amide bonds. The molecule has 5 rings (SSSR count). The fourth-order valence-corrected chi connectivity index (χ4v) is 4.24. The summed E-state index contributed by atoms with van der Waals surface area (Å²) in [5.74, 6) is 0.324. The Labute approximate surface area is 196 Å². The zero-order chi connectivity index (χ0) is 23.5. The maximum absolute atomic E-state index is 13.2. The molecule has 2 aromatic carbocycles. The van der Waals surface area contributed by atoms with Gasteiger partial charge in [0.15, 0.2) is 5.16 Å². The summed E-state index contributed by atoms with van der Waals surface area (Å²) in [4.78, 5) is 37.5. The van der Waals surface area contributed by atoms with Crippen LogP contribution in [0.15, 0.2) is 87.4 Å². The van der Waals surface area contributed by atoms with E-state index >= 15 is 0 Å². The third-order valence-corrected chi connectivity index (χ3v) is 5.93. The van der Waals surface area contributed by atoms with Crippen LogP contribution in [0.3, 0.4) is 0 Å². The highest BCUT2D eigenvalue weighted by atomic mass is 32.2. The highest BCUT2D eigenvalue weighted by Crippen LogP contribution is 2.23. The molecule has 0 spiro atoms. The quantitative estimate of drug-likeness (QED) is 0.363. The highest BCUT2D eigenvalue weighted by molar-refractivity contribution is 7.99. The van der Waals surface area contributed by atoms with Gasteiger partial charge in [0.2, 0.25) is 11.7 Å². The van der Waals surface area contributed by atoms with Crippen LogP contribution in [-0.4, -0.2) is 36.9 Å². The lowest BCUT2D eigenvalue weighted by molar-refractivity contribution is -0.117. The van der Waals surface area contributed by atoms with Crippen LogP contribution in [-0.2, 0) is 11.3 Å². The number of amides is 3. The van der Waals surface area contributed by atoms with Gasteiger partial charge in [0.25, 0.3) is 5.56 Å². The number of nitrogens with one attached hydrogen (secondary N) is 2. The molecule has 34 heavy (non-hydrogen) atoms. The van der Waals surface area contributed by atoms with Crippen LogP contribution in [0.25, 0.3) is 22.4 Å². The Morgan fingerprint density at radius 2 is 1.76 bits per heavy atom. The number of carbonyl (C=O) groups excluding carboxylic acids is 2. The molecule has 0 saturated carbocycles. The van der Waals surface area contributed by atoms with Crippen LogP contribution in [0, 0.1) is 0 Å². The van der Waals surface area contributed by atoms with Crippen LogP contribution in [0.4, 0.5) is 4.79 Å². The third-order valence-electron chi connectivity index (χ3n) is 5.00. The fraction of sp³-hybridized carbons (Fsp3) is 0.0870. The number of para-hydroxylation sites is 2. The van der Waals surface area contributed by atoms with Gasteiger partial charge in [-0.2, -0.15) is 0 Å². The summed E-state index contributed by atoms with van der Waals surface area (Å²) in [5, 5.41) is 14.2. The third kappa shape index (κ3) is 4.16. The van der Waals surface area contributed by atoms with Crippen LogP contribution in [0.5, 0.6) is 0 Å². The maximum atomic E-state index is 13.2. The van der Waals surface area contributed by atoms with Gasteiger partial charge < -0.3 is 9.73 Å². The van der Waals surface area contributed by atoms with Crippen LogP contribution >= 0.6 is 11.8 Å². The van der Waals surface area contributed by atoms with E-state index in [9.17, 15) is 14.4 Å². The van der Waals surface area contributed by atoms with Crippen molar-refractivity contribution in [2.24, 2.45) is 0 Å². The Morgan fingerprint density at radius 3 is 2.56 bits per heavy atom. The number of aromatic nitrogens is 4.